The average molecular weight is 241 g/mol. The van der Waals surface area contributed by atoms with Crippen LogP contribution in [-0.4, -0.2) is 19.0 Å². The molecule has 1 aromatic carbocycles. The molecule has 0 unspecified atom stereocenters. The normalized spacial score (nSPS) is 10.2. The number of carbonyl (C=O) groups is 1. The Balaban J connectivity index is 2.84. The van der Waals surface area contributed by atoms with Gasteiger partial charge in [0, 0.05) is 30.2 Å². The van der Waals surface area contributed by atoms with Gasteiger partial charge in [-0.15, -0.1) is 0 Å². The number of hydrogen-bond donors (Lipinski definition) is 1. The molecule has 0 spiro atoms. The first-order valence-corrected chi connectivity index (χ1v) is 5.82. The van der Waals surface area contributed by atoms with Crippen molar-refractivity contribution in [2.75, 3.05) is 18.0 Å². The number of benzene rings is 1. The molecule has 1 rings (SSSR count). The second-order valence-electron chi connectivity index (χ2n) is 3.56. The molecule has 0 fully saturated rings. The van der Waals surface area contributed by atoms with Gasteiger partial charge in [-0.3, -0.25) is 4.79 Å². The zero-order valence-electron chi connectivity index (χ0n) is 9.45. The van der Waals surface area contributed by atoms with Gasteiger partial charge in [-0.05, 0) is 30.7 Å². The number of carbonyl (C=O) groups excluding carboxylic acids is 1. The van der Waals surface area contributed by atoms with Gasteiger partial charge in [0.1, 0.15) is 0 Å². The Hall–Kier alpha value is -1.06. The summed E-state index contributed by atoms with van der Waals surface area (Å²) in [6.07, 6.45) is 1.39. The van der Waals surface area contributed by atoms with Crippen LogP contribution < -0.4 is 10.6 Å². The van der Waals surface area contributed by atoms with E-state index in [4.69, 9.17) is 17.3 Å². The molecule has 2 N–H and O–H groups in total. The number of nitrogens with zero attached hydrogens (tertiary/aromatic N) is 1. The zero-order valence-corrected chi connectivity index (χ0v) is 10.2. The maximum absolute atomic E-state index is 11.9. The third kappa shape index (κ3) is 3.51. The monoisotopic (exact) mass is 240 g/mol. The van der Waals surface area contributed by atoms with Crippen LogP contribution in [-0.2, 0) is 4.79 Å². The third-order valence-corrected chi connectivity index (χ3v) is 2.51. The summed E-state index contributed by atoms with van der Waals surface area (Å²) in [6, 6.07) is 7.23. The smallest absolute Gasteiger partial charge is 0.227 e. The lowest BCUT2D eigenvalue weighted by molar-refractivity contribution is -0.118. The molecule has 0 saturated carbocycles. The number of halogens is 1. The van der Waals surface area contributed by atoms with Gasteiger partial charge < -0.3 is 10.6 Å². The highest BCUT2D eigenvalue weighted by Gasteiger charge is 2.13. The molecule has 16 heavy (non-hydrogen) atoms. The first-order valence-electron chi connectivity index (χ1n) is 5.45. The Labute approximate surface area is 101 Å². The lowest BCUT2D eigenvalue weighted by Crippen LogP contribution is -2.35. The summed E-state index contributed by atoms with van der Waals surface area (Å²) >= 11 is 5.81. The highest BCUT2D eigenvalue weighted by atomic mass is 35.5. The van der Waals surface area contributed by atoms with Gasteiger partial charge in [0.05, 0.1) is 0 Å². The van der Waals surface area contributed by atoms with Gasteiger partial charge >= 0.3 is 0 Å². The van der Waals surface area contributed by atoms with Crippen molar-refractivity contribution in [2.24, 2.45) is 5.73 Å². The highest BCUT2D eigenvalue weighted by molar-refractivity contribution is 6.30. The predicted octanol–water partition coefficient (Wildman–Crippen LogP) is 2.43. The van der Waals surface area contributed by atoms with Crippen LogP contribution in [0, 0.1) is 0 Å². The molecule has 0 aromatic heterocycles. The Morgan fingerprint density at radius 2 is 2.00 bits per heavy atom. The van der Waals surface area contributed by atoms with E-state index in [1.54, 1.807) is 17.0 Å². The van der Waals surface area contributed by atoms with Crippen molar-refractivity contribution in [1.29, 1.82) is 0 Å². The Bertz CT molecular complexity index is 337. The minimum Gasteiger partial charge on any atom is -0.329 e. The van der Waals surface area contributed by atoms with Crippen molar-refractivity contribution < 1.29 is 4.79 Å². The van der Waals surface area contributed by atoms with E-state index in [0.29, 0.717) is 24.5 Å². The molecular formula is C12H17ClN2O. The SMILES string of the molecule is CCCC(=O)N(CCN)c1ccc(Cl)cc1. The van der Waals surface area contributed by atoms with Crippen LogP contribution in [0.2, 0.25) is 5.02 Å². The molecule has 0 heterocycles. The molecule has 1 amide bonds. The average Bonchev–Trinajstić information content (AvgIpc) is 2.28. The Kier molecular flexibility index (Phi) is 5.29. The van der Waals surface area contributed by atoms with Gasteiger partial charge in [-0.2, -0.15) is 0 Å². The number of amides is 1. The van der Waals surface area contributed by atoms with Gasteiger partial charge in [-0.25, -0.2) is 0 Å². The number of hydrogen-bond acceptors (Lipinski definition) is 2. The fraction of sp³-hybridized carbons (Fsp3) is 0.417. The number of anilines is 1. The van der Waals surface area contributed by atoms with Gasteiger partial charge in [0.25, 0.3) is 0 Å². The minimum atomic E-state index is 0.107. The topological polar surface area (TPSA) is 46.3 Å². The Morgan fingerprint density at radius 1 is 1.38 bits per heavy atom. The molecular weight excluding hydrogens is 224 g/mol. The second kappa shape index (κ2) is 6.51. The van der Waals surface area contributed by atoms with Crippen LogP contribution in [0.25, 0.3) is 0 Å². The molecule has 88 valence electrons. The minimum absolute atomic E-state index is 0.107. The molecule has 0 aliphatic heterocycles. The lowest BCUT2D eigenvalue weighted by atomic mass is 10.2. The molecule has 0 saturated heterocycles. The van der Waals surface area contributed by atoms with Crippen molar-refractivity contribution in [2.45, 2.75) is 19.8 Å². The van der Waals surface area contributed by atoms with Crippen LogP contribution in [0.15, 0.2) is 24.3 Å². The van der Waals surface area contributed by atoms with Gasteiger partial charge in [0.2, 0.25) is 5.91 Å². The first-order chi connectivity index (χ1) is 7.69. The van der Waals surface area contributed by atoms with E-state index in [0.717, 1.165) is 12.1 Å². The van der Waals surface area contributed by atoms with Gasteiger partial charge in [0.15, 0.2) is 0 Å². The van der Waals surface area contributed by atoms with Crippen molar-refractivity contribution in [3.63, 3.8) is 0 Å². The molecule has 0 aliphatic carbocycles. The van der Waals surface area contributed by atoms with Crippen LogP contribution in [0.1, 0.15) is 19.8 Å². The fourth-order valence-corrected chi connectivity index (χ4v) is 1.62. The summed E-state index contributed by atoms with van der Waals surface area (Å²) < 4.78 is 0. The molecule has 4 heteroatoms. The number of rotatable bonds is 5. The quantitative estimate of drug-likeness (QED) is 0.859. The van der Waals surface area contributed by atoms with E-state index in [-0.39, 0.29) is 5.91 Å². The van der Waals surface area contributed by atoms with E-state index in [1.165, 1.54) is 0 Å². The molecule has 1 aromatic rings. The molecule has 0 radical (unpaired) electrons. The maximum Gasteiger partial charge on any atom is 0.227 e. The maximum atomic E-state index is 11.9. The summed E-state index contributed by atoms with van der Waals surface area (Å²) in [4.78, 5) is 13.6. The van der Waals surface area contributed by atoms with Crippen molar-refractivity contribution in [3.8, 4) is 0 Å². The fourth-order valence-electron chi connectivity index (χ4n) is 1.50. The third-order valence-electron chi connectivity index (χ3n) is 2.26. The largest absolute Gasteiger partial charge is 0.329 e. The lowest BCUT2D eigenvalue weighted by Gasteiger charge is -2.22. The highest BCUT2D eigenvalue weighted by Crippen LogP contribution is 2.18. The van der Waals surface area contributed by atoms with Crippen LogP contribution in [0.4, 0.5) is 5.69 Å². The molecule has 0 aliphatic rings. The van der Waals surface area contributed by atoms with E-state index in [2.05, 4.69) is 0 Å². The second-order valence-corrected chi connectivity index (χ2v) is 4.00. The molecule has 0 atom stereocenters. The van der Waals surface area contributed by atoms with E-state index < -0.39 is 0 Å². The van der Waals surface area contributed by atoms with Crippen LogP contribution in [0.3, 0.4) is 0 Å². The standard InChI is InChI=1S/C12H17ClN2O/c1-2-3-12(16)15(9-8-14)11-6-4-10(13)5-7-11/h4-7H,2-3,8-9,14H2,1H3. The summed E-state index contributed by atoms with van der Waals surface area (Å²) in [5.41, 5.74) is 6.37. The molecule has 3 nitrogen and oxygen atoms in total. The summed E-state index contributed by atoms with van der Waals surface area (Å²) in [7, 11) is 0. The Morgan fingerprint density at radius 3 is 2.50 bits per heavy atom. The number of nitrogens with two attached hydrogens (primary N) is 1. The predicted molar refractivity (Wildman–Crippen MR) is 67.8 cm³/mol. The first kappa shape index (κ1) is 13.0. The summed E-state index contributed by atoms with van der Waals surface area (Å²) in [5.74, 6) is 0.107. The van der Waals surface area contributed by atoms with Crippen molar-refractivity contribution >= 4 is 23.2 Å². The van der Waals surface area contributed by atoms with Crippen molar-refractivity contribution in [1.82, 2.24) is 0 Å². The summed E-state index contributed by atoms with van der Waals surface area (Å²) in [5, 5.41) is 0.666. The van der Waals surface area contributed by atoms with E-state index in [9.17, 15) is 4.79 Å². The van der Waals surface area contributed by atoms with Gasteiger partial charge in [-0.1, -0.05) is 18.5 Å². The molecule has 0 bridgehead atoms. The van der Waals surface area contributed by atoms with Crippen LogP contribution >= 0.6 is 11.6 Å². The van der Waals surface area contributed by atoms with Crippen molar-refractivity contribution in [3.05, 3.63) is 29.3 Å². The van der Waals surface area contributed by atoms with Crippen LogP contribution in [0.5, 0.6) is 0 Å². The summed E-state index contributed by atoms with van der Waals surface area (Å²) in [6.45, 7) is 2.99. The van der Waals surface area contributed by atoms with E-state index in [1.807, 2.05) is 19.1 Å². The van der Waals surface area contributed by atoms with E-state index >= 15 is 0 Å². The zero-order chi connectivity index (χ0) is 12.0.